The molecule has 34 heavy (non-hydrogen) atoms. The fourth-order valence-corrected chi connectivity index (χ4v) is 4.61. The van der Waals surface area contributed by atoms with Crippen LogP contribution in [0.4, 0.5) is 5.82 Å². The first-order valence-corrected chi connectivity index (χ1v) is 11.1. The summed E-state index contributed by atoms with van der Waals surface area (Å²) in [5.41, 5.74) is 3.35. The number of ether oxygens (including phenoxy) is 1. The molecule has 0 aromatic carbocycles. The summed E-state index contributed by atoms with van der Waals surface area (Å²) in [5, 5.41) is 6.37. The van der Waals surface area contributed by atoms with Gasteiger partial charge in [0.25, 0.3) is 0 Å². The van der Waals surface area contributed by atoms with Crippen LogP contribution < -0.4 is 10.6 Å². The molecule has 0 radical (unpaired) electrons. The number of aryl methyl sites for hydroxylation is 2. The highest BCUT2D eigenvalue weighted by molar-refractivity contribution is 6.05. The van der Waals surface area contributed by atoms with Crippen LogP contribution in [-0.4, -0.2) is 59.6 Å². The maximum absolute atomic E-state index is 12.9. The Bertz CT molecular complexity index is 1430. The van der Waals surface area contributed by atoms with Crippen LogP contribution in [0.25, 0.3) is 33.8 Å². The van der Waals surface area contributed by atoms with Crippen molar-refractivity contribution in [1.29, 1.82) is 0 Å². The number of nitrogens with one attached hydrogen (secondary N) is 2. The average Bonchev–Trinajstić information content (AvgIpc) is 3.53. The lowest BCUT2D eigenvalue weighted by molar-refractivity contribution is -0.121. The molecule has 11 nitrogen and oxygen atoms in total. The number of carbonyl (C=O) groups excluding carboxylic acids is 1. The Kier molecular flexibility index (Phi) is 4.64. The molecule has 2 aliphatic heterocycles. The predicted octanol–water partition coefficient (Wildman–Crippen LogP) is 1.74. The topological polar surface area (TPSA) is 133 Å². The molecule has 6 rings (SSSR count). The molecule has 6 heterocycles. The molecule has 172 valence electrons. The van der Waals surface area contributed by atoms with E-state index in [0.717, 1.165) is 23.1 Å². The lowest BCUT2D eigenvalue weighted by atomic mass is 9.92. The van der Waals surface area contributed by atoms with Crippen LogP contribution in [0.15, 0.2) is 31.0 Å². The Morgan fingerprint density at radius 3 is 2.71 bits per heavy atom. The lowest BCUT2D eigenvalue weighted by Gasteiger charge is -2.27. The summed E-state index contributed by atoms with van der Waals surface area (Å²) in [6.45, 7) is 4.99. The van der Waals surface area contributed by atoms with E-state index in [-0.39, 0.29) is 11.9 Å². The molecular weight excluding hydrogens is 434 g/mol. The second kappa shape index (κ2) is 7.61. The molecule has 4 aromatic rings. The van der Waals surface area contributed by atoms with Crippen molar-refractivity contribution in [2.45, 2.75) is 31.8 Å². The molecule has 1 amide bonds. The second-order valence-corrected chi connectivity index (χ2v) is 8.81. The quantitative estimate of drug-likeness (QED) is 0.470. The minimum Gasteiger partial charge on any atom is -0.380 e. The van der Waals surface area contributed by atoms with Crippen LogP contribution in [0, 0.1) is 6.92 Å². The van der Waals surface area contributed by atoms with Gasteiger partial charge >= 0.3 is 0 Å². The minimum absolute atomic E-state index is 0.103. The smallest absolute Gasteiger partial charge is 0.250 e. The summed E-state index contributed by atoms with van der Waals surface area (Å²) in [7, 11) is 1.90. The van der Waals surface area contributed by atoms with Crippen molar-refractivity contribution >= 4 is 22.9 Å². The van der Waals surface area contributed by atoms with E-state index in [1.807, 2.05) is 31.5 Å². The van der Waals surface area contributed by atoms with Crippen molar-refractivity contribution < 1.29 is 9.53 Å². The number of hydrogen-bond donors (Lipinski definition) is 2. The summed E-state index contributed by atoms with van der Waals surface area (Å²) in [6.07, 6.45) is 7.56. The molecule has 0 aliphatic carbocycles. The summed E-state index contributed by atoms with van der Waals surface area (Å²) in [5.74, 6) is 1.80. The summed E-state index contributed by atoms with van der Waals surface area (Å²) in [6, 6.07) is 2.06. The molecule has 0 bridgehead atoms. The summed E-state index contributed by atoms with van der Waals surface area (Å²) < 4.78 is 7.38. The molecule has 0 spiro atoms. The van der Waals surface area contributed by atoms with E-state index >= 15 is 0 Å². The largest absolute Gasteiger partial charge is 0.380 e. The van der Waals surface area contributed by atoms with E-state index in [1.165, 1.54) is 6.33 Å². The maximum atomic E-state index is 12.9. The average molecular weight is 457 g/mol. The van der Waals surface area contributed by atoms with E-state index in [1.54, 1.807) is 18.6 Å². The predicted molar refractivity (Wildman–Crippen MR) is 124 cm³/mol. The van der Waals surface area contributed by atoms with Gasteiger partial charge in [-0.3, -0.25) is 10.1 Å². The van der Waals surface area contributed by atoms with Crippen LogP contribution >= 0.6 is 0 Å². The van der Waals surface area contributed by atoms with Gasteiger partial charge in [0.05, 0.1) is 12.2 Å². The third-order valence-electron chi connectivity index (χ3n) is 6.50. The van der Waals surface area contributed by atoms with Crippen LogP contribution in [0.5, 0.6) is 0 Å². The first kappa shape index (κ1) is 20.8. The highest BCUT2D eigenvalue weighted by Gasteiger charge is 2.45. The highest BCUT2D eigenvalue weighted by Crippen LogP contribution is 2.38. The Morgan fingerprint density at radius 1 is 1.15 bits per heavy atom. The van der Waals surface area contributed by atoms with Gasteiger partial charge in [-0.1, -0.05) is 0 Å². The van der Waals surface area contributed by atoms with E-state index < -0.39 is 5.54 Å². The number of aromatic nitrogens is 7. The number of imidazole rings is 1. The van der Waals surface area contributed by atoms with Crippen molar-refractivity contribution in [2.75, 3.05) is 18.5 Å². The molecule has 1 saturated heterocycles. The van der Waals surface area contributed by atoms with Crippen molar-refractivity contribution in [2.24, 2.45) is 7.05 Å². The third kappa shape index (κ3) is 3.16. The zero-order valence-electron chi connectivity index (χ0n) is 19.0. The van der Waals surface area contributed by atoms with Crippen molar-refractivity contribution in [3.63, 3.8) is 0 Å². The van der Waals surface area contributed by atoms with E-state index in [4.69, 9.17) is 9.72 Å². The number of hydrogen-bond acceptors (Lipinski definition) is 9. The number of amides is 1. The van der Waals surface area contributed by atoms with Crippen molar-refractivity contribution in [1.82, 2.24) is 39.8 Å². The first-order valence-electron chi connectivity index (χ1n) is 11.1. The number of pyridine rings is 1. The number of fused-ring (bicyclic) bond motifs is 2. The molecular formula is C23H23N9O2. The van der Waals surface area contributed by atoms with Crippen molar-refractivity contribution in [3.8, 4) is 22.6 Å². The Balaban J connectivity index is 1.45. The highest BCUT2D eigenvalue weighted by atomic mass is 16.5. The van der Waals surface area contributed by atoms with Gasteiger partial charge < -0.3 is 14.6 Å². The van der Waals surface area contributed by atoms with Crippen LogP contribution in [0.2, 0.25) is 0 Å². The zero-order valence-corrected chi connectivity index (χ0v) is 19.0. The van der Waals surface area contributed by atoms with Gasteiger partial charge in [-0.05, 0) is 26.3 Å². The number of anilines is 1. The molecule has 1 fully saturated rings. The van der Waals surface area contributed by atoms with E-state index in [9.17, 15) is 4.79 Å². The molecule has 0 saturated carbocycles. The normalized spacial score (nSPS) is 21.7. The molecule has 2 aliphatic rings. The molecule has 11 heteroatoms. The zero-order chi connectivity index (χ0) is 23.4. The lowest BCUT2D eigenvalue weighted by Crippen LogP contribution is -2.50. The molecule has 2 N–H and O–H groups in total. The number of carbonyl (C=O) groups is 1. The molecule has 4 aromatic heterocycles. The van der Waals surface area contributed by atoms with Crippen molar-refractivity contribution in [3.05, 3.63) is 42.4 Å². The second-order valence-electron chi connectivity index (χ2n) is 8.81. The van der Waals surface area contributed by atoms with Crippen LogP contribution in [0.1, 0.15) is 24.7 Å². The van der Waals surface area contributed by atoms with Gasteiger partial charge in [0.2, 0.25) is 5.91 Å². The molecule has 2 unspecified atom stereocenters. The SMILES string of the molecule is Cc1ncc(-c2nc3c(-c4cnc5c(c4)C(C)(NC4CCOC4)C(=O)N5)ncnc3n2C)cn1. The minimum atomic E-state index is -0.919. The summed E-state index contributed by atoms with van der Waals surface area (Å²) in [4.78, 5) is 39.8. The Labute approximate surface area is 195 Å². The van der Waals surface area contributed by atoms with Gasteiger partial charge in [-0.2, -0.15) is 0 Å². The fourth-order valence-electron chi connectivity index (χ4n) is 4.61. The van der Waals surface area contributed by atoms with E-state index in [2.05, 4.69) is 35.6 Å². The number of nitrogens with zero attached hydrogens (tertiary/aromatic N) is 7. The van der Waals surface area contributed by atoms with Gasteiger partial charge in [0.1, 0.15) is 40.5 Å². The maximum Gasteiger partial charge on any atom is 0.250 e. The van der Waals surface area contributed by atoms with E-state index in [0.29, 0.717) is 47.5 Å². The van der Waals surface area contributed by atoms with Gasteiger partial charge in [0, 0.05) is 49.4 Å². The Morgan fingerprint density at radius 2 is 1.94 bits per heavy atom. The first-order chi connectivity index (χ1) is 16.4. The third-order valence-corrected chi connectivity index (χ3v) is 6.50. The van der Waals surface area contributed by atoms with Crippen LogP contribution in [-0.2, 0) is 22.1 Å². The monoisotopic (exact) mass is 457 g/mol. The number of rotatable bonds is 4. The molecule has 2 atom stereocenters. The van der Waals surface area contributed by atoms with Crippen LogP contribution in [0.3, 0.4) is 0 Å². The fraction of sp³-hybridized carbons (Fsp3) is 0.348. The standard InChI is InChI=1S/C23H23N9O2/c1-12-24-8-14(9-25-12)20-29-18-17(27-11-28-21(18)32(20)3)13-6-16-19(26-7-13)30-22(33)23(16,2)31-15-4-5-34-10-15/h6-9,11,15,31H,4-5,10H2,1-3H3,(H,26,30,33). The summed E-state index contributed by atoms with van der Waals surface area (Å²) >= 11 is 0. The van der Waals surface area contributed by atoms with Gasteiger partial charge in [0.15, 0.2) is 5.65 Å². The van der Waals surface area contributed by atoms with Gasteiger partial charge in [-0.15, -0.1) is 0 Å². The van der Waals surface area contributed by atoms with Gasteiger partial charge in [-0.25, -0.2) is 29.9 Å². The Hall–Kier alpha value is -3.83.